The molecule has 1 unspecified atom stereocenters. The van der Waals surface area contributed by atoms with Crippen LogP contribution in [0.15, 0.2) is 24.3 Å². The Morgan fingerprint density at radius 1 is 1.25 bits per heavy atom. The van der Waals surface area contributed by atoms with Gasteiger partial charge in [-0.25, -0.2) is 0 Å². The van der Waals surface area contributed by atoms with E-state index in [2.05, 4.69) is 38.1 Å². The van der Waals surface area contributed by atoms with Gasteiger partial charge in [0.1, 0.15) is 0 Å². The van der Waals surface area contributed by atoms with Crippen molar-refractivity contribution < 1.29 is 0 Å². The molecule has 1 aromatic rings. The van der Waals surface area contributed by atoms with E-state index < -0.39 is 0 Å². The second-order valence-electron chi connectivity index (χ2n) is 3.32. The van der Waals surface area contributed by atoms with Crippen LogP contribution in [-0.4, -0.2) is 6.16 Å². The Hall–Kier alpha value is -0.610. The minimum absolute atomic E-state index is 0.979. The molecule has 1 aromatic carbocycles. The van der Waals surface area contributed by atoms with Gasteiger partial charge >= 0.3 is 0 Å². The highest BCUT2D eigenvalue weighted by molar-refractivity contribution is 7.47. The molecule has 1 atom stereocenters. The van der Waals surface area contributed by atoms with Crippen molar-refractivity contribution in [3.8, 4) is 0 Å². The van der Waals surface area contributed by atoms with Crippen LogP contribution >= 0.6 is 8.58 Å². The van der Waals surface area contributed by atoms with Crippen LogP contribution < -0.4 is 5.30 Å². The molecule has 0 bridgehead atoms. The molecule has 0 fully saturated rings. The molecule has 0 nitrogen and oxygen atoms in total. The van der Waals surface area contributed by atoms with E-state index >= 15 is 0 Å². The lowest BCUT2D eigenvalue weighted by molar-refractivity contribution is 1.46. The van der Waals surface area contributed by atoms with E-state index in [4.69, 9.17) is 0 Å². The molecular weight excluding hydrogens is 163 g/mol. The maximum absolute atomic E-state index is 2.34. The molecule has 1 heteroatoms. The second-order valence-corrected chi connectivity index (χ2v) is 4.62. The fourth-order valence-corrected chi connectivity index (χ4v) is 3.00. The van der Waals surface area contributed by atoms with Crippen LogP contribution in [0.3, 0.4) is 0 Å². The van der Waals surface area contributed by atoms with Crippen molar-refractivity contribution in [2.24, 2.45) is 0 Å². The molecule has 0 saturated carbocycles. The summed E-state index contributed by atoms with van der Waals surface area (Å²) < 4.78 is 0. The molecule has 2 rings (SSSR count). The van der Waals surface area contributed by atoms with E-state index in [9.17, 15) is 0 Å². The average Bonchev–Trinajstić information content (AvgIpc) is 2.04. The normalized spacial score (nSPS) is 17.3. The van der Waals surface area contributed by atoms with Crippen molar-refractivity contribution in [2.45, 2.75) is 13.8 Å². The Balaban J connectivity index is 2.56. The fourth-order valence-electron chi connectivity index (χ4n) is 1.57. The van der Waals surface area contributed by atoms with Crippen LogP contribution in [0.25, 0.3) is 5.57 Å². The summed E-state index contributed by atoms with van der Waals surface area (Å²) in [5.74, 6) is 0. The number of hydrogen-bond donors (Lipinski definition) is 0. The molecule has 1 heterocycles. The molecule has 1 aliphatic heterocycles. The molecule has 0 spiro atoms. The van der Waals surface area contributed by atoms with Gasteiger partial charge < -0.3 is 0 Å². The lowest BCUT2D eigenvalue weighted by Gasteiger charge is -2.15. The third kappa shape index (κ3) is 1.32. The van der Waals surface area contributed by atoms with Gasteiger partial charge in [-0.15, -0.1) is 0 Å². The van der Waals surface area contributed by atoms with Gasteiger partial charge in [0.25, 0.3) is 0 Å². The molecule has 62 valence electrons. The van der Waals surface area contributed by atoms with Crippen molar-refractivity contribution in [3.63, 3.8) is 0 Å². The Morgan fingerprint density at radius 3 is 2.92 bits per heavy atom. The highest BCUT2D eigenvalue weighted by Crippen LogP contribution is 2.26. The van der Waals surface area contributed by atoms with E-state index in [1.54, 1.807) is 5.30 Å². The molecule has 0 saturated heterocycles. The molecular formula is C11H13P. The number of aryl methyl sites for hydroxylation is 1. The minimum atomic E-state index is 0.979. The van der Waals surface area contributed by atoms with E-state index in [-0.39, 0.29) is 0 Å². The van der Waals surface area contributed by atoms with Crippen LogP contribution in [0, 0.1) is 6.92 Å². The predicted molar refractivity (Wildman–Crippen MR) is 57.6 cm³/mol. The maximum atomic E-state index is 2.34. The standard InChI is InChI=1S/C11H13P/c1-8-3-4-10-9(2)5-6-12-11(10)7-8/h3-5,7,12H,6H2,1-2H3. The van der Waals surface area contributed by atoms with Crippen molar-refractivity contribution in [1.82, 2.24) is 0 Å². The summed E-state index contributed by atoms with van der Waals surface area (Å²) in [5, 5.41) is 1.55. The lowest BCUT2D eigenvalue weighted by Crippen LogP contribution is -2.07. The first kappa shape index (κ1) is 8.01. The average molecular weight is 176 g/mol. The summed E-state index contributed by atoms with van der Waals surface area (Å²) in [5.41, 5.74) is 4.30. The first-order valence-corrected chi connectivity index (χ1v) is 5.50. The summed E-state index contributed by atoms with van der Waals surface area (Å²) in [7, 11) is 0.979. The molecule has 0 amide bonds. The monoisotopic (exact) mass is 176 g/mol. The largest absolute Gasteiger partial charge is 0.0858 e. The van der Waals surface area contributed by atoms with Crippen molar-refractivity contribution in [1.29, 1.82) is 0 Å². The Labute approximate surface area is 75.5 Å². The van der Waals surface area contributed by atoms with Gasteiger partial charge in [-0.1, -0.05) is 38.4 Å². The van der Waals surface area contributed by atoms with Crippen LogP contribution in [0.4, 0.5) is 0 Å². The summed E-state index contributed by atoms with van der Waals surface area (Å²) in [6, 6.07) is 6.78. The third-order valence-corrected chi connectivity index (χ3v) is 3.50. The fraction of sp³-hybridized carbons (Fsp3) is 0.273. The van der Waals surface area contributed by atoms with Crippen molar-refractivity contribution in [2.75, 3.05) is 6.16 Å². The van der Waals surface area contributed by atoms with Crippen LogP contribution in [0.2, 0.25) is 0 Å². The predicted octanol–water partition coefficient (Wildman–Crippen LogP) is 2.72. The summed E-state index contributed by atoms with van der Waals surface area (Å²) >= 11 is 0. The van der Waals surface area contributed by atoms with E-state index in [1.165, 1.54) is 22.9 Å². The van der Waals surface area contributed by atoms with Gasteiger partial charge in [0.2, 0.25) is 0 Å². The minimum Gasteiger partial charge on any atom is -0.0858 e. The van der Waals surface area contributed by atoms with E-state index in [0.29, 0.717) is 0 Å². The molecule has 1 aliphatic rings. The maximum Gasteiger partial charge on any atom is -0.0126 e. The van der Waals surface area contributed by atoms with Gasteiger partial charge in [0, 0.05) is 0 Å². The van der Waals surface area contributed by atoms with E-state index in [1.807, 2.05) is 0 Å². The van der Waals surface area contributed by atoms with Gasteiger partial charge in [-0.3, -0.25) is 0 Å². The zero-order valence-electron chi connectivity index (χ0n) is 7.52. The number of rotatable bonds is 0. The first-order chi connectivity index (χ1) is 5.77. The molecule has 12 heavy (non-hydrogen) atoms. The van der Waals surface area contributed by atoms with Gasteiger partial charge in [-0.2, -0.15) is 0 Å². The molecule has 0 N–H and O–H groups in total. The summed E-state index contributed by atoms with van der Waals surface area (Å²) in [4.78, 5) is 0. The van der Waals surface area contributed by atoms with Crippen LogP contribution in [0.1, 0.15) is 18.1 Å². The second kappa shape index (κ2) is 3.03. The number of hydrogen-bond acceptors (Lipinski definition) is 0. The van der Waals surface area contributed by atoms with Crippen LogP contribution in [0.5, 0.6) is 0 Å². The number of benzene rings is 1. The Bertz CT molecular complexity index is 337. The Morgan fingerprint density at radius 2 is 2.08 bits per heavy atom. The highest BCUT2D eigenvalue weighted by atomic mass is 31.1. The summed E-state index contributed by atoms with van der Waals surface area (Å²) in [6.07, 6.45) is 3.58. The van der Waals surface area contributed by atoms with E-state index in [0.717, 1.165) is 8.58 Å². The number of fused-ring (bicyclic) bond motifs is 1. The van der Waals surface area contributed by atoms with Crippen molar-refractivity contribution in [3.05, 3.63) is 35.4 Å². The highest BCUT2D eigenvalue weighted by Gasteiger charge is 2.07. The SMILES string of the molecule is CC1=CCPc2cc(C)ccc21. The third-order valence-electron chi connectivity index (χ3n) is 2.30. The molecule has 0 radical (unpaired) electrons. The molecule has 0 aliphatic carbocycles. The zero-order chi connectivity index (χ0) is 8.55. The van der Waals surface area contributed by atoms with Crippen LogP contribution in [-0.2, 0) is 0 Å². The number of allylic oxidation sites excluding steroid dienone is 2. The van der Waals surface area contributed by atoms with Gasteiger partial charge in [0.05, 0.1) is 0 Å². The quantitative estimate of drug-likeness (QED) is 0.533. The first-order valence-electron chi connectivity index (χ1n) is 4.29. The van der Waals surface area contributed by atoms with Crippen molar-refractivity contribution >= 4 is 19.5 Å². The Kier molecular flexibility index (Phi) is 2.02. The zero-order valence-corrected chi connectivity index (χ0v) is 8.52. The van der Waals surface area contributed by atoms with Gasteiger partial charge in [0.15, 0.2) is 0 Å². The lowest BCUT2D eigenvalue weighted by atomic mass is 10.1. The smallest absolute Gasteiger partial charge is 0.0126 e. The van der Waals surface area contributed by atoms with Gasteiger partial charge in [-0.05, 0) is 36.5 Å². The summed E-state index contributed by atoms with van der Waals surface area (Å²) in [6.45, 7) is 4.37. The topological polar surface area (TPSA) is 0 Å². The molecule has 0 aromatic heterocycles.